The average Bonchev–Trinajstić information content (AvgIpc) is 2.98. The molecule has 3 nitrogen and oxygen atoms in total. The van der Waals surface area contributed by atoms with Crippen LogP contribution in [0.2, 0.25) is 5.02 Å². The highest BCUT2D eigenvalue weighted by Crippen LogP contribution is 2.39. The SMILES string of the molecule is NC[C@H]1Cc2cc(-c3ccc4ccccc4n3)cc(Cl)c2O1. The quantitative estimate of drug-likeness (QED) is 0.783. The molecule has 0 amide bonds. The van der Waals surface area contributed by atoms with E-state index in [1.807, 2.05) is 30.3 Å². The average molecular weight is 311 g/mol. The van der Waals surface area contributed by atoms with E-state index >= 15 is 0 Å². The summed E-state index contributed by atoms with van der Waals surface area (Å²) in [4.78, 5) is 4.73. The fourth-order valence-corrected chi connectivity index (χ4v) is 3.18. The van der Waals surface area contributed by atoms with Crippen LogP contribution in [0, 0.1) is 0 Å². The Balaban J connectivity index is 1.81. The Bertz CT molecular complexity index is 863. The standard InChI is InChI=1S/C18H15ClN2O/c19-15-9-12(7-13-8-14(10-20)22-18(13)15)17-6-5-11-3-1-2-4-16(11)21-17/h1-7,9,14H,8,10,20H2/t14-/m1/s1. The molecule has 1 atom stereocenters. The molecule has 0 unspecified atom stereocenters. The third-order valence-electron chi connectivity index (χ3n) is 4.01. The number of hydrogen-bond donors (Lipinski definition) is 1. The van der Waals surface area contributed by atoms with Crippen molar-refractivity contribution in [1.82, 2.24) is 4.98 Å². The molecule has 0 saturated carbocycles. The lowest BCUT2D eigenvalue weighted by atomic mass is 10.0. The zero-order valence-electron chi connectivity index (χ0n) is 11.9. The Morgan fingerprint density at radius 3 is 2.91 bits per heavy atom. The molecule has 1 aliphatic rings. The molecule has 4 heteroatoms. The van der Waals surface area contributed by atoms with Gasteiger partial charge in [0.05, 0.1) is 16.2 Å². The number of benzene rings is 2. The van der Waals surface area contributed by atoms with E-state index in [-0.39, 0.29) is 6.10 Å². The summed E-state index contributed by atoms with van der Waals surface area (Å²) < 4.78 is 5.77. The van der Waals surface area contributed by atoms with Crippen LogP contribution in [0.25, 0.3) is 22.2 Å². The monoisotopic (exact) mass is 310 g/mol. The molecule has 0 bridgehead atoms. The van der Waals surface area contributed by atoms with E-state index in [0.29, 0.717) is 11.6 Å². The van der Waals surface area contributed by atoms with E-state index in [4.69, 9.17) is 27.1 Å². The van der Waals surface area contributed by atoms with Gasteiger partial charge >= 0.3 is 0 Å². The number of nitrogens with two attached hydrogens (primary N) is 1. The summed E-state index contributed by atoms with van der Waals surface area (Å²) >= 11 is 6.37. The van der Waals surface area contributed by atoms with Gasteiger partial charge in [0.1, 0.15) is 11.9 Å². The minimum absolute atomic E-state index is 0.0207. The number of halogens is 1. The first-order chi connectivity index (χ1) is 10.7. The Morgan fingerprint density at radius 1 is 1.18 bits per heavy atom. The lowest BCUT2D eigenvalue weighted by Gasteiger charge is -2.08. The molecule has 0 radical (unpaired) electrons. The van der Waals surface area contributed by atoms with Gasteiger partial charge < -0.3 is 10.5 Å². The van der Waals surface area contributed by atoms with Crippen molar-refractivity contribution < 1.29 is 4.74 Å². The third-order valence-corrected chi connectivity index (χ3v) is 4.29. The summed E-state index contributed by atoms with van der Waals surface area (Å²) in [6, 6.07) is 16.2. The van der Waals surface area contributed by atoms with Gasteiger partial charge in [-0.1, -0.05) is 35.9 Å². The maximum absolute atomic E-state index is 6.37. The summed E-state index contributed by atoms with van der Waals surface area (Å²) in [6.07, 6.45) is 0.819. The van der Waals surface area contributed by atoms with Crippen molar-refractivity contribution in [3.8, 4) is 17.0 Å². The molecule has 3 aromatic rings. The number of hydrogen-bond acceptors (Lipinski definition) is 3. The summed E-state index contributed by atoms with van der Waals surface area (Å²) in [7, 11) is 0. The summed E-state index contributed by atoms with van der Waals surface area (Å²) in [5.41, 5.74) is 9.70. The number of aromatic nitrogens is 1. The lowest BCUT2D eigenvalue weighted by Crippen LogP contribution is -2.24. The predicted molar refractivity (Wildman–Crippen MR) is 89.4 cm³/mol. The minimum Gasteiger partial charge on any atom is -0.487 e. The van der Waals surface area contributed by atoms with Gasteiger partial charge in [0, 0.05) is 29.5 Å². The zero-order chi connectivity index (χ0) is 15.1. The van der Waals surface area contributed by atoms with Crippen molar-refractivity contribution in [1.29, 1.82) is 0 Å². The van der Waals surface area contributed by atoms with Crippen molar-refractivity contribution >= 4 is 22.5 Å². The first kappa shape index (κ1) is 13.6. The van der Waals surface area contributed by atoms with Gasteiger partial charge in [-0.3, -0.25) is 0 Å². The topological polar surface area (TPSA) is 48.1 Å². The summed E-state index contributed by atoms with van der Waals surface area (Å²) in [6.45, 7) is 0.495. The van der Waals surface area contributed by atoms with Crippen molar-refractivity contribution in [3.63, 3.8) is 0 Å². The van der Waals surface area contributed by atoms with Gasteiger partial charge in [0.25, 0.3) is 0 Å². The first-order valence-corrected chi connectivity index (χ1v) is 7.68. The highest BCUT2D eigenvalue weighted by Gasteiger charge is 2.25. The van der Waals surface area contributed by atoms with Crippen LogP contribution in [0.4, 0.5) is 0 Å². The number of fused-ring (bicyclic) bond motifs is 2. The molecule has 4 rings (SSSR count). The molecule has 1 aliphatic heterocycles. The molecular weight excluding hydrogens is 296 g/mol. The molecule has 22 heavy (non-hydrogen) atoms. The Kier molecular flexibility index (Phi) is 3.25. The molecule has 110 valence electrons. The van der Waals surface area contributed by atoms with Crippen molar-refractivity contribution in [2.24, 2.45) is 5.73 Å². The number of para-hydroxylation sites is 1. The van der Waals surface area contributed by atoms with Gasteiger partial charge in [-0.2, -0.15) is 0 Å². The number of nitrogens with zero attached hydrogens (tertiary/aromatic N) is 1. The van der Waals surface area contributed by atoms with Crippen LogP contribution in [-0.2, 0) is 6.42 Å². The molecule has 0 aliphatic carbocycles. The van der Waals surface area contributed by atoms with Gasteiger partial charge in [-0.15, -0.1) is 0 Å². The molecule has 2 N–H and O–H groups in total. The van der Waals surface area contributed by atoms with Gasteiger partial charge in [0.2, 0.25) is 0 Å². The second-order valence-corrected chi connectivity index (χ2v) is 5.92. The minimum atomic E-state index is 0.0207. The normalized spacial score (nSPS) is 16.5. The van der Waals surface area contributed by atoms with Crippen LogP contribution < -0.4 is 10.5 Å². The summed E-state index contributed by atoms with van der Waals surface area (Å²) in [5.74, 6) is 0.765. The second-order valence-electron chi connectivity index (χ2n) is 5.52. The van der Waals surface area contributed by atoms with Crippen LogP contribution in [0.3, 0.4) is 0 Å². The van der Waals surface area contributed by atoms with E-state index in [1.165, 1.54) is 0 Å². The van der Waals surface area contributed by atoms with Crippen LogP contribution in [0.1, 0.15) is 5.56 Å². The fourth-order valence-electron chi connectivity index (χ4n) is 2.89. The van der Waals surface area contributed by atoms with E-state index in [0.717, 1.165) is 39.9 Å². The van der Waals surface area contributed by atoms with Crippen molar-refractivity contribution in [2.75, 3.05) is 6.54 Å². The molecule has 2 aromatic carbocycles. The second kappa shape index (κ2) is 5.27. The van der Waals surface area contributed by atoms with Crippen molar-refractivity contribution in [2.45, 2.75) is 12.5 Å². The van der Waals surface area contributed by atoms with E-state index in [2.05, 4.69) is 18.2 Å². The van der Waals surface area contributed by atoms with Gasteiger partial charge in [0.15, 0.2) is 0 Å². The Labute approximate surface area is 133 Å². The highest BCUT2D eigenvalue weighted by molar-refractivity contribution is 6.32. The predicted octanol–water partition coefficient (Wildman–Crippen LogP) is 3.82. The largest absolute Gasteiger partial charge is 0.487 e. The van der Waals surface area contributed by atoms with Gasteiger partial charge in [-0.05, 0) is 24.3 Å². The van der Waals surface area contributed by atoms with Crippen LogP contribution >= 0.6 is 11.6 Å². The van der Waals surface area contributed by atoms with Gasteiger partial charge in [-0.25, -0.2) is 4.98 Å². The molecule has 1 aromatic heterocycles. The third kappa shape index (κ3) is 2.23. The Morgan fingerprint density at radius 2 is 2.05 bits per heavy atom. The maximum Gasteiger partial charge on any atom is 0.141 e. The van der Waals surface area contributed by atoms with Crippen LogP contribution in [-0.4, -0.2) is 17.6 Å². The van der Waals surface area contributed by atoms with Crippen LogP contribution in [0.5, 0.6) is 5.75 Å². The lowest BCUT2D eigenvalue weighted by molar-refractivity contribution is 0.241. The van der Waals surface area contributed by atoms with E-state index in [1.54, 1.807) is 0 Å². The number of rotatable bonds is 2. The Hall–Kier alpha value is -2.10. The van der Waals surface area contributed by atoms with E-state index < -0.39 is 0 Å². The molecule has 0 fully saturated rings. The smallest absolute Gasteiger partial charge is 0.141 e. The fraction of sp³-hybridized carbons (Fsp3) is 0.167. The molecule has 2 heterocycles. The molecule has 0 spiro atoms. The van der Waals surface area contributed by atoms with E-state index in [9.17, 15) is 0 Å². The summed E-state index contributed by atoms with van der Waals surface area (Å²) in [5, 5.41) is 1.75. The zero-order valence-corrected chi connectivity index (χ0v) is 12.7. The molecule has 0 saturated heterocycles. The first-order valence-electron chi connectivity index (χ1n) is 7.30. The van der Waals surface area contributed by atoms with Crippen molar-refractivity contribution in [3.05, 3.63) is 59.1 Å². The number of pyridine rings is 1. The maximum atomic E-state index is 6.37. The number of ether oxygens (including phenoxy) is 1. The highest BCUT2D eigenvalue weighted by atomic mass is 35.5. The van der Waals surface area contributed by atoms with Crippen LogP contribution in [0.15, 0.2) is 48.5 Å². The molecular formula is C18H15ClN2O.